The van der Waals surface area contributed by atoms with E-state index < -0.39 is 12.1 Å². The molecule has 108 valence electrons. The lowest BCUT2D eigenvalue weighted by molar-refractivity contribution is -0.183. The number of fused-ring (bicyclic) bond motifs is 5. The van der Waals surface area contributed by atoms with Gasteiger partial charge in [-0.15, -0.1) is 0 Å². The predicted molar refractivity (Wildman–Crippen MR) is 66.5 cm³/mol. The van der Waals surface area contributed by atoms with E-state index in [-0.39, 0.29) is 6.04 Å². The zero-order valence-corrected chi connectivity index (χ0v) is 11.1. The van der Waals surface area contributed by atoms with E-state index in [9.17, 15) is 13.2 Å². The summed E-state index contributed by atoms with van der Waals surface area (Å²) < 4.78 is 38.4. The summed E-state index contributed by atoms with van der Waals surface area (Å²) in [5.74, 6) is 2.38. The minimum absolute atomic E-state index is 0.121. The molecule has 4 fully saturated rings. The quantitative estimate of drug-likeness (QED) is 0.808. The lowest BCUT2D eigenvalue weighted by Crippen LogP contribution is -2.41. The van der Waals surface area contributed by atoms with E-state index in [0.717, 1.165) is 36.5 Å². The van der Waals surface area contributed by atoms with Crippen LogP contribution in [0.2, 0.25) is 0 Å². The van der Waals surface area contributed by atoms with Crippen molar-refractivity contribution in [1.82, 2.24) is 5.32 Å². The average Bonchev–Trinajstić information content (AvgIpc) is 2.77. The Bertz CT molecular complexity index is 351. The standard InChI is InChI=1S/C15H22F3N/c16-15(17,18)10-2-1-3-11(7-10)19-14-12-8-4-5-9(6-8)13(12)14/h8-14,19H,1-7H2. The highest BCUT2D eigenvalue weighted by atomic mass is 19.4. The van der Waals surface area contributed by atoms with Gasteiger partial charge in [-0.2, -0.15) is 13.2 Å². The molecule has 19 heavy (non-hydrogen) atoms. The minimum atomic E-state index is -3.99. The highest BCUT2D eigenvalue weighted by Crippen LogP contribution is 2.65. The van der Waals surface area contributed by atoms with Crippen molar-refractivity contribution in [1.29, 1.82) is 0 Å². The van der Waals surface area contributed by atoms with E-state index in [1.54, 1.807) is 0 Å². The predicted octanol–water partition coefficient (Wildman–Crippen LogP) is 3.74. The summed E-state index contributed by atoms with van der Waals surface area (Å²) in [6, 6.07) is 0.693. The van der Waals surface area contributed by atoms with Crippen molar-refractivity contribution in [3.05, 3.63) is 0 Å². The molecule has 6 unspecified atom stereocenters. The Kier molecular flexibility index (Phi) is 2.71. The molecule has 4 saturated carbocycles. The van der Waals surface area contributed by atoms with E-state index in [4.69, 9.17) is 0 Å². The van der Waals surface area contributed by atoms with Gasteiger partial charge in [-0.1, -0.05) is 6.42 Å². The second kappa shape index (κ2) is 4.12. The van der Waals surface area contributed by atoms with Crippen molar-refractivity contribution < 1.29 is 13.2 Å². The van der Waals surface area contributed by atoms with Crippen molar-refractivity contribution in [2.45, 2.75) is 63.2 Å². The Morgan fingerprint density at radius 3 is 2.16 bits per heavy atom. The molecule has 0 heterocycles. The fraction of sp³-hybridized carbons (Fsp3) is 1.00. The minimum Gasteiger partial charge on any atom is -0.311 e. The molecule has 0 aromatic rings. The van der Waals surface area contributed by atoms with Crippen LogP contribution in [0.5, 0.6) is 0 Å². The van der Waals surface area contributed by atoms with Gasteiger partial charge in [0.05, 0.1) is 5.92 Å². The first-order valence-corrected chi connectivity index (χ1v) is 7.87. The first-order chi connectivity index (χ1) is 9.04. The van der Waals surface area contributed by atoms with Gasteiger partial charge >= 0.3 is 6.18 Å². The summed E-state index contributed by atoms with van der Waals surface area (Å²) in [6.07, 6.45) is 2.50. The number of rotatable bonds is 2. The molecular weight excluding hydrogens is 251 g/mol. The molecule has 0 amide bonds. The number of nitrogens with one attached hydrogen (secondary N) is 1. The van der Waals surface area contributed by atoms with Crippen LogP contribution in [0.25, 0.3) is 0 Å². The maximum absolute atomic E-state index is 12.8. The Morgan fingerprint density at radius 2 is 1.53 bits per heavy atom. The zero-order valence-electron chi connectivity index (χ0n) is 11.1. The largest absolute Gasteiger partial charge is 0.391 e. The maximum atomic E-state index is 12.8. The highest BCUT2D eigenvalue weighted by molar-refractivity contribution is 5.17. The summed E-state index contributed by atoms with van der Waals surface area (Å²) in [4.78, 5) is 0. The van der Waals surface area contributed by atoms with Gasteiger partial charge in [0.15, 0.2) is 0 Å². The first kappa shape index (κ1) is 12.5. The van der Waals surface area contributed by atoms with Gasteiger partial charge in [0.2, 0.25) is 0 Å². The Morgan fingerprint density at radius 1 is 0.842 bits per heavy atom. The molecule has 4 aliphatic rings. The molecule has 1 N–H and O–H groups in total. The van der Waals surface area contributed by atoms with Gasteiger partial charge in [-0.3, -0.25) is 0 Å². The van der Waals surface area contributed by atoms with Gasteiger partial charge in [-0.05, 0) is 62.2 Å². The van der Waals surface area contributed by atoms with Crippen LogP contribution in [-0.4, -0.2) is 18.3 Å². The SMILES string of the molecule is FC(F)(F)C1CCCC(NC2C3C4CCC(C4)C23)C1. The van der Waals surface area contributed by atoms with Gasteiger partial charge in [0.25, 0.3) is 0 Å². The molecule has 4 rings (SSSR count). The third-order valence-corrected chi connectivity index (χ3v) is 6.30. The maximum Gasteiger partial charge on any atom is 0.391 e. The van der Waals surface area contributed by atoms with E-state index >= 15 is 0 Å². The molecule has 0 radical (unpaired) electrons. The van der Waals surface area contributed by atoms with Crippen LogP contribution in [0.1, 0.15) is 44.9 Å². The summed E-state index contributed by atoms with van der Waals surface area (Å²) >= 11 is 0. The number of hydrogen-bond acceptors (Lipinski definition) is 1. The van der Waals surface area contributed by atoms with Crippen molar-refractivity contribution in [2.24, 2.45) is 29.6 Å². The van der Waals surface area contributed by atoms with E-state index in [1.807, 2.05) is 0 Å². The lowest BCUT2D eigenvalue weighted by atomic mass is 9.85. The number of alkyl halides is 3. The Labute approximate surface area is 112 Å². The van der Waals surface area contributed by atoms with Crippen LogP contribution in [0.4, 0.5) is 13.2 Å². The van der Waals surface area contributed by atoms with Gasteiger partial charge in [-0.25, -0.2) is 0 Å². The molecule has 0 saturated heterocycles. The van der Waals surface area contributed by atoms with Crippen LogP contribution in [0.3, 0.4) is 0 Å². The molecule has 4 heteroatoms. The average molecular weight is 273 g/mol. The van der Waals surface area contributed by atoms with E-state index in [1.165, 1.54) is 19.3 Å². The van der Waals surface area contributed by atoms with Crippen LogP contribution in [0.15, 0.2) is 0 Å². The van der Waals surface area contributed by atoms with Crippen LogP contribution in [-0.2, 0) is 0 Å². The molecule has 0 aromatic heterocycles. The monoisotopic (exact) mass is 273 g/mol. The van der Waals surface area contributed by atoms with Gasteiger partial charge < -0.3 is 5.32 Å². The first-order valence-electron chi connectivity index (χ1n) is 7.87. The fourth-order valence-electron chi connectivity index (χ4n) is 5.46. The van der Waals surface area contributed by atoms with E-state index in [2.05, 4.69) is 5.32 Å². The third kappa shape index (κ3) is 2.01. The van der Waals surface area contributed by atoms with Crippen LogP contribution >= 0.6 is 0 Å². The summed E-state index contributed by atoms with van der Waals surface area (Å²) in [5, 5.41) is 3.60. The fourth-order valence-corrected chi connectivity index (χ4v) is 5.46. The summed E-state index contributed by atoms with van der Waals surface area (Å²) in [7, 11) is 0. The smallest absolute Gasteiger partial charge is 0.311 e. The molecule has 0 aliphatic heterocycles. The zero-order chi connectivity index (χ0) is 13.2. The topological polar surface area (TPSA) is 12.0 Å². The van der Waals surface area contributed by atoms with Crippen LogP contribution in [0, 0.1) is 29.6 Å². The molecule has 4 aliphatic carbocycles. The molecule has 0 aromatic carbocycles. The lowest BCUT2D eigenvalue weighted by Gasteiger charge is -2.31. The number of hydrogen-bond donors (Lipinski definition) is 1. The highest BCUT2D eigenvalue weighted by Gasteiger charge is 2.65. The molecule has 6 atom stereocenters. The molecule has 1 nitrogen and oxygen atoms in total. The van der Waals surface area contributed by atoms with Crippen molar-refractivity contribution in [3.63, 3.8) is 0 Å². The Hall–Kier alpha value is -0.250. The molecule has 2 bridgehead atoms. The summed E-state index contributed by atoms with van der Waals surface area (Å²) in [5.41, 5.74) is 0. The van der Waals surface area contributed by atoms with Crippen molar-refractivity contribution in [3.8, 4) is 0 Å². The van der Waals surface area contributed by atoms with Crippen molar-refractivity contribution in [2.75, 3.05) is 0 Å². The second-order valence-corrected chi connectivity index (χ2v) is 7.28. The normalized spacial score (nSPS) is 52.3. The Balaban J connectivity index is 1.34. The molecular formula is C15H22F3N. The molecule has 0 spiro atoms. The van der Waals surface area contributed by atoms with E-state index in [0.29, 0.717) is 18.9 Å². The number of halogens is 3. The van der Waals surface area contributed by atoms with Gasteiger partial charge in [0.1, 0.15) is 0 Å². The van der Waals surface area contributed by atoms with Crippen LogP contribution < -0.4 is 5.32 Å². The third-order valence-electron chi connectivity index (χ3n) is 6.30. The van der Waals surface area contributed by atoms with Gasteiger partial charge in [0, 0.05) is 12.1 Å². The summed E-state index contributed by atoms with van der Waals surface area (Å²) in [6.45, 7) is 0. The second-order valence-electron chi connectivity index (χ2n) is 7.28. The van der Waals surface area contributed by atoms with Crippen molar-refractivity contribution >= 4 is 0 Å².